The van der Waals surface area contributed by atoms with E-state index >= 15 is 0 Å². The van der Waals surface area contributed by atoms with Gasteiger partial charge >= 0.3 is 0 Å². The molecule has 1 heterocycles. The molecular formula is C14H21N3O2. The van der Waals surface area contributed by atoms with E-state index in [1.165, 1.54) is 0 Å². The summed E-state index contributed by atoms with van der Waals surface area (Å²) in [6.07, 6.45) is 2.09. The molecule has 19 heavy (non-hydrogen) atoms. The van der Waals surface area contributed by atoms with Crippen molar-refractivity contribution in [3.05, 3.63) is 35.9 Å². The maximum absolute atomic E-state index is 9.36. The van der Waals surface area contributed by atoms with Gasteiger partial charge in [-0.15, -0.1) is 0 Å². The zero-order valence-electron chi connectivity index (χ0n) is 10.9. The van der Waals surface area contributed by atoms with Crippen LogP contribution in [0, 0.1) is 0 Å². The molecule has 5 heteroatoms. The van der Waals surface area contributed by atoms with Crippen LogP contribution >= 0.6 is 0 Å². The highest BCUT2D eigenvalue weighted by atomic mass is 16.4. The van der Waals surface area contributed by atoms with Gasteiger partial charge in [-0.05, 0) is 24.9 Å². The molecule has 5 nitrogen and oxygen atoms in total. The molecule has 1 aromatic rings. The Morgan fingerprint density at radius 1 is 1.42 bits per heavy atom. The van der Waals surface area contributed by atoms with Gasteiger partial charge in [0, 0.05) is 12.6 Å². The third-order valence-electron chi connectivity index (χ3n) is 3.80. The van der Waals surface area contributed by atoms with Gasteiger partial charge in [0.25, 0.3) is 0 Å². The summed E-state index contributed by atoms with van der Waals surface area (Å²) in [5.41, 5.74) is 6.85. The van der Waals surface area contributed by atoms with Crippen LogP contribution < -0.4 is 5.73 Å². The number of aliphatic hydroxyl groups excluding tert-OH is 1. The molecule has 2 unspecified atom stereocenters. The lowest BCUT2D eigenvalue weighted by Crippen LogP contribution is -2.39. The first kappa shape index (κ1) is 13.8. The zero-order valence-corrected chi connectivity index (χ0v) is 10.9. The molecule has 0 bridgehead atoms. The minimum Gasteiger partial charge on any atom is -0.409 e. The molecule has 104 valence electrons. The number of nitrogens with two attached hydrogens (primary N) is 1. The first-order valence-corrected chi connectivity index (χ1v) is 6.63. The molecular weight excluding hydrogens is 242 g/mol. The quantitative estimate of drug-likeness (QED) is 0.320. The second kappa shape index (κ2) is 6.54. The van der Waals surface area contributed by atoms with Crippen molar-refractivity contribution in [1.29, 1.82) is 0 Å². The molecule has 4 N–H and O–H groups in total. The van der Waals surface area contributed by atoms with Crippen LogP contribution in [0.5, 0.6) is 0 Å². The van der Waals surface area contributed by atoms with E-state index in [2.05, 4.69) is 10.1 Å². The molecule has 0 amide bonds. The first-order chi connectivity index (χ1) is 9.26. The second-order valence-corrected chi connectivity index (χ2v) is 4.96. The largest absolute Gasteiger partial charge is 0.409 e. The van der Waals surface area contributed by atoms with E-state index in [9.17, 15) is 5.11 Å². The van der Waals surface area contributed by atoms with E-state index in [4.69, 9.17) is 10.9 Å². The molecule has 0 saturated carbocycles. The third-order valence-corrected chi connectivity index (χ3v) is 3.80. The summed E-state index contributed by atoms with van der Waals surface area (Å²) in [7, 11) is 0. The van der Waals surface area contributed by atoms with Gasteiger partial charge in [-0.25, -0.2) is 0 Å². The Morgan fingerprint density at radius 3 is 2.79 bits per heavy atom. The Hall–Kier alpha value is -1.59. The number of hydrogen-bond donors (Lipinski definition) is 3. The number of likely N-dealkylation sites (tertiary alicyclic amines) is 1. The van der Waals surface area contributed by atoms with E-state index in [-0.39, 0.29) is 24.4 Å². The minimum atomic E-state index is -0.140. The van der Waals surface area contributed by atoms with E-state index in [1.807, 2.05) is 30.3 Å². The van der Waals surface area contributed by atoms with Crippen molar-refractivity contribution in [1.82, 2.24) is 4.90 Å². The van der Waals surface area contributed by atoms with Gasteiger partial charge in [0.05, 0.1) is 12.5 Å². The maximum Gasteiger partial charge on any atom is 0.147 e. The topological polar surface area (TPSA) is 82.1 Å². The summed E-state index contributed by atoms with van der Waals surface area (Å²) < 4.78 is 0. The minimum absolute atomic E-state index is 0.140. The number of hydrogen-bond acceptors (Lipinski definition) is 4. The van der Waals surface area contributed by atoms with Crippen molar-refractivity contribution in [2.45, 2.75) is 24.8 Å². The predicted octanol–water partition coefficient (Wildman–Crippen LogP) is 0.973. The number of nitrogens with zero attached hydrogens (tertiary/aromatic N) is 2. The molecule has 0 aliphatic carbocycles. The second-order valence-electron chi connectivity index (χ2n) is 4.96. The van der Waals surface area contributed by atoms with Gasteiger partial charge in [-0.3, -0.25) is 4.90 Å². The van der Waals surface area contributed by atoms with E-state index in [0.717, 1.165) is 24.9 Å². The molecule has 0 spiro atoms. The van der Waals surface area contributed by atoms with Crippen molar-refractivity contribution < 1.29 is 10.3 Å². The molecule has 1 aliphatic rings. The smallest absolute Gasteiger partial charge is 0.147 e. The monoisotopic (exact) mass is 263 g/mol. The van der Waals surface area contributed by atoms with Crippen LogP contribution in [0.25, 0.3) is 0 Å². The number of oxime groups is 1. The predicted molar refractivity (Wildman–Crippen MR) is 74.3 cm³/mol. The molecule has 2 rings (SSSR count). The van der Waals surface area contributed by atoms with Gasteiger partial charge < -0.3 is 16.0 Å². The van der Waals surface area contributed by atoms with Crippen molar-refractivity contribution in [3.63, 3.8) is 0 Å². The molecule has 2 atom stereocenters. The van der Waals surface area contributed by atoms with E-state index in [1.54, 1.807) is 0 Å². The lowest BCUT2D eigenvalue weighted by Gasteiger charge is -2.27. The number of benzene rings is 1. The Morgan fingerprint density at radius 2 is 2.16 bits per heavy atom. The number of amidine groups is 1. The highest BCUT2D eigenvalue weighted by molar-refractivity contribution is 5.87. The lowest BCUT2D eigenvalue weighted by molar-refractivity contribution is 0.157. The highest BCUT2D eigenvalue weighted by Crippen LogP contribution is 2.23. The van der Waals surface area contributed by atoms with Crippen molar-refractivity contribution in [2.24, 2.45) is 10.9 Å². The summed E-state index contributed by atoms with van der Waals surface area (Å²) in [5.74, 6) is 0.0770. The van der Waals surface area contributed by atoms with Gasteiger partial charge in [0.1, 0.15) is 5.84 Å². The van der Waals surface area contributed by atoms with Crippen LogP contribution in [0.15, 0.2) is 35.5 Å². The Kier molecular flexibility index (Phi) is 4.76. The fourth-order valence-electron chi connectivity index (χ4n) is 2.70. The average molecular weight is 263 g/mol. The number of rotatable bonds is 5. The van der Waals surface area contributed by atoms with Crippen molar-refractivity contribution in [2.75, 3.05) is 19.7 Å². The average Bonchev–Trinajstić information content (AvgIpc) is 2.92. The zero-order chi connectivity index (χ0) is 13.7. The van der Waals surface area contributed by atoms with Crippen LogP contribution in [0.4, 0.5) is 0 Å². The van der Waals surface area contributed by atoms with Gasteiger partial charge in [0.15, 0.2) is 0 Å². The molecule has 1 fully saturated rings. The fraction of sp³-hybridized carbons (Fsp3) is 0.500. The first-order valence-electron chi connectivity index (χ1n) is 6.63. The normalized spacial score (nSPS) is 22.6. The molecule has 1 aromatic carbocycles. The lowest BCUT2D eigenvalue weighted by atomic mass is 9.97. The van der Waals surface area contributed by atoms with Crippen LogP contribution in [0.2, 0.25) is 0 Å². The molecule has 0 aromatic heterocycles. The summed E-state index contributed by atoms with van der Waals surface area (Å²) >= 11 is 0. The Balaban J connectivity index is 2.15. The highest BCUT2D eigenvalue weighted by Gasteiger charge is 2.28. The van der Waals surface area contributed by atoms with E-state index < -0.39 is 0 Å². The van der Waals surface area contributed by atoms with Crippen molar-refractivity contribution in [3.8, 4) is 0 Å². The van der Waals surface area contributed by atoms with Crippen LogP contribution in [0.1, 0.15) is 24.3 Å². The number of aliphatic hydroxyl groups is 1. The molecule has 1 aliphatic heterocycles. The van der Waals surface area contributed by atoms with Crippen LogP contribution in [-0.2, 0) is 0 Å². The third kappa shape index (κ3) is 3.24. The summed E-state index contributed by atoms with van der Waals surface area (Å²) in [5, 5.41) is 21.5. The Labute approximate surface area is 113 Å². The van der Waals surface area contributed by atoms with Gasteiger partial charge in [-0.2, -0.15) is 0 Å². The van der Waals surface area contributed by atoms with Gasteiger partial charge in [0.2, 0.25) is 0 Å². The summed E-state index contributed by atoms with van der Waals surface area (Å²) in [6.45, 7) is 1.79. The van der Waals surface area contributed by atoms with Gasteiger partial charge in [-0.1, -0.05) is 35.5 Å². The Bertz CT molecular complexity index is 422. The summed E-state index contributed by atoms with van der Waals surface area (Å²) in [6, 6.07) is 9.98. The summed E-state index contributed by atoms with van der Waals surface area (Å²) in [4.78, 5) is 2.22. The fourth-order valence-corrected chi connectivity index (χ4v) is 2.70. The molecule has 0 radical (unpaired) electrons. The standard InChI is InChI=1S/C14H21N3O2/c15-14(16-19)13(11-5-2-1-3-6-11)9-17-8-4-7-12(17)10-18/h1-3,5-6,12-13,18-19H,4,7-10H2,(H2,15,16). The molecule has 1 saturated heterocycles. The van der Waals surface area contributed by atoms with Crippen molar-refractivity contribution >= 4 is 5.84 Å². The maximum atomic E-state index is 9.36. The van der Waals surface area contributed by atoms with Crippen LogP contribution in [0.3, 0.4) is 0 Å². The van der Waals surface area contributed by atoms with Crippen LogP contribution in [-0.4, -0.2) is 46.8 Å². The van der Waals surface area contributed by atoms with E-state index in [0.29, 0.717) is 6.54 Å². The SMILES string of the molecule is NC(=NO)C(CN1CCCC1CO)c1ccccc1.